The van der Waals surface area contributed by atoms with E-state index in [0.717, 1.165) is 36.2 Å². The Morgan fingerprint density at radius 3 is 2.17 bits per heavy atom. The van der Waals surface area contributed by atoms with Crippen molar-refractivity contribution >= 4 is 22.9 Å². The van der Waals surface area contributed by atoms with Crippen molar-refractivity contribution < 1.29 is 18.5 Å². The van der Waals surface area contributed by atoms with E-state index < -0.39 is 0 Å². The zero-order valence-electron chi connectivity index (χ0n) is 24.8. The van der Waals surface area contributed by atoms with E-state index in [2.05, 4.69) is 36.2 Å². The first-order chi connectivity index (χ1) is 19.5. The molecule has 0 saturated heterocycles. The molecule has 3 aromatic rings. The Morgan fingerprint density at radius 2 is 1.57 bits per heavy atom. The molecular formula is C34H48FN2O2S+. The predicted octanol–water partition coefficient (Wildman–Crippen LogP) is 9.16. The number of unbranched alkanes of at least 4 members (excludes halogenated alkanes) is 11. The normalized spacial score (nSPS) is 11.1. The lowest BCUT2D eigenvalue weighted by Crippen LogP contribution is -2.31. The van der Waals surface area contributed by atoms with Crippen LogP contribution in [0.1, 0.15) is 107 Å². The highest BCUT2D eigenvalue weighted by atomic mass is 32.1. The number of hydrogen-bond acceptors (Lipinski definition) is 3. The number of aryl methyl sites for hydroxylation is 1. The van der Waals surface area contributed by atoms with Crippen LogP contribution in [-0.2, 0) is 17.9 Å². The number of thiazole rings is 1. The lowest BCUT2D eigenvalue weighted by Gasteiger charge is -2.22. The molecule has 0 fully saturated rings. The summed E-state index contributed by atoms with van der Waals surface area (Å²) < 4.78 is 22.7. The molecule has 0 bridgehead atoms. The standard InChI is InChI=1S/C34H48FN2O2S/c1-4-5-6-7-8-9-10-11-12-13-14-15-21-39-34-20-19-31(23-33(34)35)26-37(29(3)38)32-18-16-17-30(22-32)25-36-24-28(2)40-27-36/h16-20,22-24,27H,4-15,21,25-26H2,1-3H3/q+1. The van der Waals surface area contributed by atoms with Crippen LogP contribution >= 0.6 is 11.3 Å². The summed E-state index contributed by atoms with van der Waals surface area (Å²) in [6.07, 6.45) is 17.6. The monoisotopic (exact) mass is 567 g/mol. The van der Waals surface area contributed by atoms with Crippen LogP contribution in [0.5, 0.6) is 5.75 Å². The van der Waals surface area contributed by atoms with Crippen LogP contribution in [0, 0.1) is 12.7 Å². The molecule has 0 aliphatic rings. The predicted molar refractivity (Wildman–Crippen MR) is 165 cm³/mol. The summed E-state index contributed by atoms with van der Waals surface area (Å²) in [7, 11) is 0. The Kier molecular flexibility index (Phi) is 14.2. The second-order valence-electron chi connectivity index (χ2n) is 10.9. The number of halogens is 1. The molecule has 0 unspecified atom stereocenters. The van der Waals surface area contributed by atoms with E-state index >= 15 is 0 Å². The van der Waals surface area contributed by atoms with Crippen molar-refractivity contribution in [3.63, 3.8) is 0 Å². The number of anilines is 1. The van der Waals surface area contributed by atoms with Crippen LogP contribution in [0.3, 0.4) is 0 Å². The SMILES string of the molecule is CCCCCCCCCCCCCCOc1ccc(CN(C(C)=O)c2cccc(C[n+]3csc(C)c3)c2)cc1F. The lowest BCUT2D eigenvalue weighted by molar-refractivity contribution is -0.683. The summed E-state index contributed by atoms with van der Waals surface area (Å²) in [5.74, 6) is -0.173. The van der Waals surface area contributed by atoms with Crippen LogP contribution < -0.4 is 14.2 Å². The molecule has 4 nitrogen and oxygen atoms in total. The Hall–Kier alpha value is -2.73. The van der Waals surface area contributed by atoms with E-state index in [1.54, 1.807) is 29.2 Å². The number of rotatable bonds is 19. The highest BCUT2D eigenvalue weighted by Crippen LogP contribution is 2.23. The van der Waals surface area contributed by atoms with Gasteiger partial charge in [-0.05, 0) is 43.2 Å². The molecule has 0 aliphatic heterocycles. The van der Waals surface area contributed by atoms with Gasteiger partial charge in [-0.15, -0.1) is 0 Å². The molecule has 0 spiro atoms. The summed E-state index contributed by atoms with van der Waals surface area (Å²) in [5.41, 5.74) is 4.75. The quantitative estimate of drug-likeness (QED) is 0.107. The number of hydrogen-bond donors (Lipinski definition) is 0. The average Bonchev–Trinajstić information content (AvgIpc) is 3.35. The summed E-state index contributed by atoms with van der Waals surface area (Å²) >= 11 is 1.71. The highest BCUT2D eigenvalue weighted by molar-refractivity contribution is 7.09. The fourth-order valence-corrected chi connectivity index (χ4v) is 5.65. The molecule has 0 N–H and O–H groups in total. The summed E-state index contributed by atoms with van der Waals surface area (Å²) in [6, 6.07) is 13.0. The summed E-state index contributed by atoms with van der Waals surface area (Å²) in [5, 5.41) is 0. The molecule has 0 aliphatic carbocycles. The molecule has 2 aromatic carbocycles. The molecule has 40 heavy (non-hydrogen) atoms. The third kappa shape index (κ3) is 11.4. The molecule has 1 aromatic heterocycles. The maximum Gasteiger partial charge on any atom is 0.225 e. The maximum absolute atomic E-state index is 14.8. The molecule has 0 atom stereocenters. The molecule has 0 radical (unpaired) electrons. The van der Waals surface area contributed by atoms with Crippen molar-refractivity contribution in [2.24, 2.45) is 0 Å². The maximum atomic E-state index is 14.8. The van der Waals surface area contributed by atoms with Gasteiger partial charge in [0.2, 0.25) is 11.4 Å². The number of carbonyl (C=O) groups excluding carboxylic acids is 1. The highest BCUT2D eigenvalue weighted by Gasteiger charge is 2.15. The van der Waals surface area contributed by atoms with Crippen molar-refractivity contribution in [3.05, 3.63) is 76.0 Å². The average molecular weight is 568 g/mol. The van der Waals surface area contributed by atoms with Gasteiger partial charge in [0, 0.05) is 18.2 Å². The van der Waals surface area contributed by atoms with Crippen molar-refractivity contribution in [2.45, 2.75) is 111 Å². The van der Waals surface area contributed by atoms with Gasteiger partial charge in [-0.1, -0.05) is 107 Å². The minimum atomic E-state index is -0.377. The number of benzene rings is 2. The van der Waals surface area contributed by atoms with Crippen molar-refractivity contribution in [1.29, 1.82) is 0 Å². The van der Waals surface area contributed by atoms with Gasteiger partial charge in [0.25, 0.3) is 0 Å². The van der Waals surface area contributed by atoms with E-state index in [9.17, 15) is 9.18 Å². The van der Waals surface area contributed by atoms with E-state index in [1.807, 2.05) is 24.3 Å². The first kappa shape index (κ1) is 31.8. The molecule has 1 heterocycles. The first-order valence-corrected chi connectivity index (χ1v) is 16.1. The Bertz CT molecular complexity index is 1160. The Morgan fingerprint density at radius 1 is 0.900 bits per heavy atom. The molecule has 6 heteroatoms. The van der Waals surface area contributed by atoms with E-state index in [-0.39, 0.29) is 17.5 Å². The number of amides is 1. The van der Waals surface area contributed by atoms with Gasteiger partial charge in [0.15, 0.2) is 24.3 Å². The van der Waals surface area contributed by atoms with Crippen molar-refractivity contribution in [2.75, 3.05) is 11.5 Å². The second-order valence-corrected chi connectivity index (χ2v) is 12.0. The van der Waals surface area contributed by atoms with Gasteiger partial charge < -0.3 is 9.64 Å². The van der Waals surface area contributed by atoms with E-state index in [0.29, 0.717) is 13.2 Å². The zero-order chi connectivity index (χ0) is 28.6. The lowest BCUT2D eigenvalue weighted by atomic mass is 10.1. The minimum absolute atomic E-state index is 0.0797. The van der Waals surface area contributed by atoms with Gasteiger partial charge in [-0.2, -0.15) is 4.57 Å². The Labute approximate surface area is 245 Å². The van der Waals surface area contributed by atoms with E-state index in [4.69, 9.17) is 4.74 Å². The molecule has 0 saturated carbocycles. The van der Waals surface area contributed by atoms with Gasteiger partial charge >= 0.3 is 0 Å². The van der Waals surface area contributed by atoms with Crippen molar-refractivity contribution in [1.82, 2.24) is 0 Å². The largest absolute Gasteiger partial charge is 0.491 e. The summed E-state index contributed by atoms with van der Waals surface area (Å²) in [6.45, 7) is 7.47. The third-order valence-electron chi connectivity index (χ3n) is 7.28. The first-order valence-electron chi connectivity index (χ1n) is 15.2. The molecule has 3 rings (SSSR count). The van der Waals surface area contributed by atoms with Crippen LogP contribution in [0.15, 0.2) is 54.2 Å². The Balaban J connectivity index is 1.40. The second kappa shape index (κ2) is 17.9. The van der Waals surface area contributed by atoms with Gasteiger partial charge in [-0.25, -0.2) is 4.39 Å². The van der Waals surface area contributed by atoms with Crippen LogP contribution in [-0.4, -0.2) is 12.5 Å². The third-order valence-corrected chi connectivity index (χ3v) is 8.13. The molecular weight excluding hydrogens is 519 g/mol. The number of nitrogens with zero attached hydrogens (tertiary/aromatic N) is 2. The number of aromatic nitrogens is 1. The minimum Gasteiger partial charge on any atom is -0.491 e. The smallest absolute Gasteiger partial charge is 0.225 e. The molecule has 218 valence electrons. The zero-order valence-corrected chi connectivity index (χ0v) is 25.6. The molecule has 1 amide bonds. The van der Waals surface area contributed by atoms with Crippen LogP contribution in [0.4, 0.5) is 10.1 Å². The van der Waals surface area contributed by atoms with Gasteiger partial charge in [-0.3, -0.25) is 4.79 Å². The van der Waals surface area contributed by atoms with E-state index in [1.165, 1.54) is 75.2 Å². The van der Waals surface area contributed by atoms with Crippen molar-refractivity contribution in [3.8, 4) is 5.75 Å². The fraction of sp³-hybridized carbons (Fsp3) is 0.529. The van der Waals surface area contributed by atoms with Gasteiger partial charge in [0.1, 0.15) is 0 Å². The topological polar surface area (TPSA) is 33.4 Å². The van der Waals surface area contributed by atoms with Crippen LogP contribution in [0.25, 0.3) is 0 Å². The van der Waals surface area contributed by atoms with Crippen LogP contribution in [0.2, 0.25) is 0 Å². The fourth-order valence-electron chi connectivity index (χ4n) is 5.01. The number of ether oxygens (including phenoxy) is 1. The number of carbonyl (C=O) groups is 1. The van der Waals surface area contributed by atoms with Gasteiger partial charge in [0.05, 0.1) is 18.0 Å². The summed E-state index contributed by atoms with van der Waals surface area (Å²) in [4.78, 5) is 15.5.